The lowest BCUT2D eigenvalue weighted by Crippen LogP contribution is -2.01. The van der Waals surface area contributed by atoms with Crippen LogP contribution >= 0.6 is 11.8 Å². The molecule has 0 saturated carbocycles. The number of thioether (sulfide) groups is 1. The van der Waals surface area contributed by atoms with Crippen molar-refractivity contribution in [3.63, 3.8) is 0 Å². The summed E-state index contributed by atoms with van der Waals surface area (Å²) >= 11 is 1.73. The van der Waals surface area contributed by atoms with Crippen LogP contribution in [0.1, 0.15) is 23.9 Å². The van der Waals surface area contributed by atoms with Crippen LogP contribution in [0.15, 0.2) is 71.9 Å². The fourth-order valence-electron chi connectivity index (χ4n) is 3.45. The van der Waals surface area contributed by atoms with Crippen LogP contribution in [0.2, 0.25) is 0 Å². The maximum atomic E-state index is 4.48. The van der Waals surface area contributed by atoms with Crippen LogP contribution in [0.4, 0.5) is 0 Å². The lowest BCUT2D eigenvalue weighted by molar-refractivity contribution is 0.687. The highest BCUT2D eigenvalue weighted by Gasteiger charge is 2.14. The second-order valence-corrected chi connectivity index (χ2v) is 7.77. The van der Waals surface area contributed by atoms with Gasteiger partial charge in [-0.2, -0.15) is 0 Å². The molecule has 2 aromatic carbocycles. The first-order valence-corrected chi connectivity index (χ1v) is 10.5. The highest BCUT2D eigenvalue weighted by Crippen LogP contribution is 2.27. The zero-order valence-corrected chi connectivity index (χ0v) is 17.3. The van der Waals surface area contributed by atoms with Crippen LogP contribution in [-0.4, -0.2) is 19.3 Å². The number of aryl methyl sites for hydroxylation is 2. The van der Waals surface area contributed by atoms with Gasteiger partial charge in [-0.15, -0.1) is 10.2 Å². The van der Waals surface area contributed by atoms with E-state index >= 15 is 0 Å². The number of nitrogens with zero attached hydrogens (tertiary/aromatic N) is 4. The number of hydrogen-bond acceptors (Lipinski definition) is 3. The molecular formula is C23H24N4S. The van der Waals surface area contributed by atoms with Crippen LogP contribution in [0.3, 0.4) is 0 Å². The Morgan fingerprint density at radius 2 is 1.50 bits per heavy atom. The van der Waals surface area contributed by atoms with Gasteiger partial charge in [-0.3, -0.25) is 0 Å². The van der Waals surface area contributed by atoms with Crippen molar-refractivity contribution >= 4 is 11.8 Å². The van der Waals surface area contributed by atoms with E-state index in [-0.39, 0.29) is 0 Å². The van der Waals surface area contributed by atoms with Gasteiger partial charge < -0.3 is 9.13 Å². The molecule has 0 saturated heterocycles. The Morgan fingerprint density at radius 3 is 2.14 bits per heavy atom. The summed E-state index contributed by atoms with van der Waals surface area (Å²) in [5, 5.41) is 9.89. The fourth-order valence-corrected chi connectivity index (χ4v) is 4.41. The molecule has 4 aromatic rings. The third kappa shape index (κ3) is 3.62. The monoisotopic (exact) mass is 388 g/mol. The number of rotatable bonds is 6. The SMILES string of the molecule is CCn1c(SCc2ccccc2)nnc1-c1ccc(-n2c(C)ccc2C)cc1. The quantitative estimate of drug-likeness (QED) is 0.400. The molecule has 0 unspecified atom stereocenters. The van der Waals surface area contributed by atoms with Crippen LogP contribution in [0.5, 0.6) is 0 Å². The zero-order chi connectivity index (χ0) is 19.5. The van der Waals surface area contributed by atoms with Crippen molar-refractivity contribution in [1.29, 1.82) is 0 Å². The average molecular weight is 389 g/mol. The molecule has 0 aliphatic heterocycles. The molecule has 0 aliphatic rings. The summed E-state index contributed by atoms with van der Waals surface area (Å²) in [4.78, 5) is 0. The van der Waals surface area contributed by atoms with Crippen LogP contribution in [0, 0.1) is 13.8 Å². The lowest BCUT2D eigenvalue weighted by Gasteiger charge is -2.11. The van der Waals surface area contributed by atoms with E-state index in [1.807, 2.05) is 6.07 Å². The van der Waals surface area contributed by atoms with Gasteiger partial charge in [-0.1, -0.05) is 42.1 Å². The topological polar surface area (TPSA) is 35.6 Å². The summed E-state index contributed by atoms with van der Waals surface area (Å²) in [6.45, 7) is 7.24. The second kappa shape index (κ2) is 8.07. The molecule has 4 nitrogen and oxygen atoms in total. The van der Waals surface area contributed by atoms with Crippen molar-refractivity contribution in [2.75, 3.05) is 0 Å². The molecule has 0 N–H and O–H groups in total. The van der Waals surface area contributed by atoms with Gasteiger partial charge >= 0.3 is 0 Å². The van der Waals surface area contributed by atoms with Crippen LogP contribution < -0.4 is 0 Å². The van der Waals surface area contributed by atoms with Crippen LogP contribution in [-0.2, 0) is 12.3 Å². The minimum absolute atomic E-state index is 0.844. The maximum Gasteiger partial charge on any atom is 0.191 e. The predicted molar refractivity (Wildman–Crippen MR) is 116 cm³/mol. The Hall–Kier alpha value is -2.79. The van der Waals surface area contributed by atoms with Gasteiger partial charge in [0.05, 0.1) is 0 Å². The normalized spacial score (nSPS) is 11.1. The fraction of sp³-hybridized carbons (Fsp3) is 0.217. The Balaban J connectivity index is 1.58. The van der Waals surface area contributed by atoms with Crippen molar-refractivity contribution in [2.24, 2.45) is 0 Å². The molecule has 0 radical (unpaired) electrons. The smallest absolute Gasteiger partial charge is 0.191 e. The molecule has 0 atom stereocenters. The highest BCUT2D eigenvalue weighted by molar-refractivity contribution is 7.98. The number of hydrogen-bond donors (Lipinski definition) is 0. The first kappa shape index (κ1) is 18.6. The van der Waals surface area contributed by atoms with Gasteiger partial charge in [0.15, 0.2) is 11.0 Å². The van der Waals surface area contributed by atoms with E-state index in [4.69, 9.17) is 0 Å². The molecule has 142 valence electrons. The minimum atomic E-state index is 0.844. The van der Waals surface area contributed by atoms with E-state index in [0.29, 0.717) is 0 Å². The minimum Gasteiger partial charge on any atom is -0.319 e. The lowest BCUT2D eigenvalue weighted by atomic mass is 10.2. The van der Waals surface area contributed by atoms with Gasteiger partial charge in [-0.25, -0.2) is 0 Å². The van der Waals surface area contributed by atoms with Crippen molar-refractivity contribution in [2.45, 2.75) is 38.2 Å². The Kier molecular flexibility index (Phi) is 5.35. The van der Waals surface area contributed by atoms with Gasteiger partial charge in [0.25, 0.3) is 0 Å². The molecule has 28 heavy (non-hydrogen) atoms. The van der Waals surface area contributed by atoms with E-state index in [0.717, 1.165) is 28.8 Å². The molecule has 5 heteroatoms. The standard InChI is InChI=1S/C23H24N4S/c1-4-26-22(24-25-23(26)28-16-19-8-6-5-7-9-19)20-12-14-21(15-13-20)27-17(2)10-11-18(27)3/h5-15H,4,16H2,1-3H3. The Morgan fingerprint density at radius 1 is 0.821 bits per heavy atom. The summed E-state index contributed by atoms with van der Waals surface area (Å²) in [7, 11) is 0. The summed E-state index contributed by atoms with van der Waals surface area (Å²) < 4.78 is 4.45. The van der Waals surface area contributed by atoms with Crippen LogP contribution in [0.25, 0.3) is 17.1 Å². The van der Waals surface area contributed by atoms with Gasteiger partial charge in [0.2, 0.25) is 0 Å². The third-order valence-electron chi connectivity index (χ3n) is 4.90. The third-order valence-corrected chi connectivity index (χ3v) is 5.94. The number of aromatic nitrogens is 4. The molecule has 2 aromatic heterocycles. The van der Waals surface area contributed by atoms with E-state index in [2.05, 4.69) is 101 Å². The predicted octanol–water partition coefficient (Wildman–Crippen LogP) is 5.66. The Labute approximate surface area is 170 Å². The summed E-state index contributed by atoms with van der Waals surface area (Å²) in [5.74, 6) is 1.81. The molecule has 0 aliphatic carbocycles. The molecule has 2 heterocycles. The molecule has 0 amide bonds. The summed E-state index contributed by atoms with van der Waals surface area (Å²) in [5.41, 5.74) is 6.03. The Bertz CT molecular complexity index is 1040. The van der Waals surface area contributed by atoms with Crippen molar-refractivity contribution in [1.82, 2.24) is 19.3 Å². The second-order valence-electron chi connectivity index (χ2n) is 6.82. The van der Waals surface area contributed by atoms with Gasteiger partial charge in [-0.05, 0) is 62.7 Å². The van der Waals surface area contributed by atoms with Crippen molar-refractivity contribution < 1.29 is 0 Å². The summed E-state index contributed by atoms with van der Waals surface area (Å²) in [6.07, 6.45) is 0. The van der Waals surface area contributed by atoms with Gasteiger partial charge in [0, 0.05) is 34.9 Å². The van der Waals surface area contributed by atoms with E-state index in [1.165, 1.54) is 22.6 Å². The zero-order valence-electron chi connectivity index (χ0n) is 16.5. The molecular weight excluding hydrogens is 364 g/mol. The van der Waals surface area contributed by atoms with E-state index in [9.17, 15) is 0 Å². The molecule has 0 fully saturated rings. The largest absolute Gasteiger partial charge is 0.319 e. The van der Waals surface area contributed by atoms with E-state index < -0.39 is 0 Å². The summed E-state index contributed by atoms with van der Waals surface area (Å²) in [6, 6.07) is 23.3. The highest BCUT2D eigenvalue weighted by atomic mass is 32.2. The number of benzene rings is 2. The average Bonchev–Trinajstić information content (AvgIpc) is 3.29. The molecule has 0 bridgehead atoms. The first-order valence-electron chi connectivity index (χ1n) is 9.53. The van der Waals surface area contributed by atoms with E-state index in [1.54, 1.807) is 11.8 Å². The van der Waals surface area contributed by atoms with Crippen molar-refractivity contribution in [3.05, 3.63) is 83.7 Å². The van der Waals surface area contributed by atoms with Gasteiger partial charge in [0.1, 0.15) is 0 Å². The first-order chi connectivity index (χ1) is 13.7. The molecule has 4 rings (SSSR count). The van der Waals surface area contributed by atoms with Crippen molar-refractivity contribution in [3.8, 4) is 17.1 Å². The maximum absolute atomic E-state index is 4.48. The molecule has 0 spiro atoms.